The fourth-order valence-corrected chi connectivity index (χ4v) is 5.03. The Kier molecular flexibility index (Phi) is 4.21. The van der Waals surface area contributed by atoms with Gasteiger partial charge < -0.3 is 4.90 Å². The smallest absolute Gasteiger partial charge is 0.247 e. The van der Waals surface area contributed by atoms with E-state index in [-0.39, 0.29) is 36.1 Å². The number of hydrogen-bond donors (Lipinski definition) is 0. The Morgan fingerprint density at radius 3 is 2.30 bits per heavy atom. The van der Waals surface area contributed by atoms with Crippen molar-refractivity contribution in [3.8, 4) is 0 Å². The number of para-hydroxylation sites is 1. The molecule has 1 aliphatic carbocycles. The van der Waals surface area contributed by atoms with Gasteiger partial charge in [0.15, 0.2) is 0 Å². The normalized spacial score (nSPS) is 26.6. The number of nitrogens with zero attached hydrogens (tertiary/aromatic N) is 2. The number of hydrogen-bond acceptors (Lipinski definition) is 3. The number of anilines is 1. The molecular formula is C22H26N2O3. The Bertz CT molecular complexity index is 831. The molecule has 0 N–H and O–H groups in total. The highest BCUT2D eigenvalue weighted by molar-refractivity contribution is 6.10. The summed E-state index contributed by atoms with van der Waals surface area (Å²) in [4.78, 5) is 41.7. The minimum absolute atomic E-state index is 0.159. The van der Waals surface area contributed by atoms with Gasteiger partial charge in [0.1, 0.15) is 6.54 Å². The van der Waals surface area contributed by atoms with Gasteiger partial charge in [-0.1, -0.05) is 37.1 Å². The van der Waals surface area contributed by atoms with Gasteiger partial charge in [0.2, 0.25) is 17.7 Å². The Balaban J connectivity index is 1.63. The number of fused-ring (bicyclic) bond motifs is 2. The molecule has 1 aromatic rings. The second-order valence-electron chi connectivity index (χ2n) is 8.49. The van der Waals surface area contributed by atoms with Crippen LogP contribution >= 0.6 is 0 Å². The summed E-state index contributed by atoms with van der Waals surface area (Å²) in [6.45, 7) is 5.84. The van der Waals surface area contributed by atoms with Crippen LogP contribution in [0.4, 0.5) is 5.69 Å². The number of carbonyl (C=O) groups excluding carboxylic acids is 3. The first kappa shape index (κ1) is 18.0. The summed E-state index contributed by atoms with van der Waals surface area (Å²) in [6, 6.07) is 7.79. The standard InChI is InChI=1S/C22H26N2O3/c1-14-12-22(2,3)24(18-11-7-6-8-15(14)18)19(25)13-23-20(26)16-9-4-5-10-17(16)21(23)27/h6-8,11-12,16-17H,4-5,9-10,13H2,1-3H3. The van der Waals surface area contributed by atoms with Crippen molar-refractivity contribution in [2.45, 2.75) is 52.0 Å². The molecule has 142 valence electrons. The molecule has 0 bridgehead atoms. The zero-order valence-corrected chi connectivity index (χ0v) is 16.2. The monoisotopic (exact) mass is 366 g/mol. The van der Waals surface area contributed by atoms with Crippen LogP contribution in [-0.2, 0) is 14.4 Å². The van der Waals surface area contributed by atoms with Crippen LogP contribution in [0.5, 0.6) is 0 Å². The van der Waals surface area contributed by atoms with Crippen LogP contribution in [0.2, 0.25) is 0 Å². The van der Waals surface area contributed by atoms with Gasteiger partial charge in [0, 0.05) is 5.56 Å². The van der Waals surface area contributed by atoms with E-state index in [1.165, 1.54) is 4.90 Å². The van der Waals surface area contributed by atoms with Crippen molar-refractivity contribution in [3.63, 3.8) is 0 Å². The summed E-state index contributed by atoms with van der Waals surface area (Å²) < 4.78 is 0. The third-order valence-electron chi connectivity index (χ3n) is 6.19. The minimum Gasteiger partial charge on any atom is -0.301 e. The zero-order valence-electron chi connectivity index (χ0n) is 16.2. The van der Waals surface area contributed by atoms with Crippen molar-refractivity contribution in [1.29, 1.82) is 0 Å². The number of likely N-dealkylation sites (tertiary alicyclic amines) is 1. The van der Waals surface area contributed by atoms with E-state index in [2.05, 4.69) is 6.08 Å². The van der Waals surface area contributed by atoms with E-state index in [4.69, 9.17) is 0 Å². The Morgan fingerprint density at radius 1 is 1.07 bits per heavy atom. The second kappa shape index (κ2) is 6.32. The topological polar surface area (TPSA) is 57.7 Å². The van der Waals surface area contributed by atoms with E-state index >= 15 is 0 Å². The number of benzene rings is 1. The van der Waals surface area contributed by atoms with Crippen molar-refractivity contribution in [2.75, 3.05) is 11.4 Å². The first-order valence-corrected chi connectivity index (χ1v) is 9.78. The van der Waals surface area contributed by atoms with Gasteiger partial charge in [-0.25, -0.2) is 0 Å². The van der Waals surface area contributed by atoms with Crippen LogP contribution in [0.15, 0.2) is 30.3 Å². The molecule has 3 aliphatic rings. The van der Waals surface area contributed by atoms with Gasteiger partial charge >= 0.3 is 0 Å². The molecule has 0 radical (unpaired) electrons. The molecule has 27 heavy (non-hydrogen) atoms. The molecule has 2 aliphatic heterocycles. The maximum absolute atomic E-state index is 13.3. The van der Waals surface area contributed by atoms with E-state index in [1.807, 2.05) is 45.0 Å². The van der Waals surface area contributed by atoms with Crippen molar-refractivity contribution >= 4 is 29.0 Å². The highest BCUT2D eigenvalue weighted by atomic mass is 16.2. The maximum atomic E-state index is 13.3. The lowest BCUT2D eigenvalue weighted by Gasteiger charge is -2.42. The molecule has 1 saturated heterocycles. The Morgan fingerprint density at radius 2 is 1.67 bits per heavy atom. The summed E-state index contributed by atoms with van der Waals surface area (Å²) in [7, 11) is 0. The second-order valence-corrected chi connectivity index (χ2v) is 8.49. The summed E-state index contributed by atoms with van der Waals surface area (Å²) in [5, 5.41) is 0. The Hall–Kier alpha value is -2.43. The molecule has 5 nitrogen and oxygen atoms in total. The lowest BCUT2D eigenvalue weighted by Crippen LogP contribution is -2.53. The van der Waals surface area contributed by atoms with Crippen molar-refractivity contribution in [1.82, 2.24) is 4.90 Å². The predicted molar refractivity (Wildman–Crippen MR) is 104 cm³/mol. The van der Waals surface area contributed by atoms with Gasteiger partial charge in [-0.2, -0.15) is 0 Å². The lowest BCUT2D eigenvalue weighted by atomic mass is 9.81. The van der Waals surface area contributed by atoms with Crippen molar-refractivity contribution < 1.29 is 14.4 Å². The third-order valence-corrected chi connectivity index (χ3v) is 6.19. The number of amides is 3. The van der Waals surface area contributed by atoms with Crippen LogP contribution in [0.1, 0.15) is 52.0 Å². The molecule has 1 aromatic carbocycles. The van der Waals surface area contributed by atoms with E-state index in [1.54, 1.807) is 4.90 Å². The summed E-state index contributed by atoms with van der Waals surface area (Å²) in [5.74, 6) is -0.969. The van der Waals surface area contributed by atoms with E-state index in [0.29, 0.717) is 0 Å². The number of carbonyl (C=O) groups is 3. The molecule has 0 spiro atoms. The maximum Gasteiger partial charge on any atom is 0.247 e. The fourth-order valence-electron chi connectivity index (χ4n) is 5.03. The number of allylic oxidation sites excluding steroid dienone is 1. The van der Waals surface area contributed by atoms with Crippen LogP contribution in [0, 0.1) is 11.8 Å². The average Bonchev–Trinajstić information content (AvgIpc) is 2.86. The van der Waals surface area contributed by atoms with Gasteiger partial charge in [-0.15, -0.1) is 0 Å². The van der Waals surface area contributed by atoms with Gasteiger partial charge in [0.25, 0.3) is 0 Å². The lowest BCUT2D eigenvalue weighted by molar-refractivity contribution is -0.143. The number of rotatable bonds is 2. The summed E-state index contributed by atoms with van der Waals surface area (Å²) in [5.41, 5.74) is 2.45. The summed E-state index contributed by atoms with van der Waals surface area (Å²) in [6.07, 6.45) is 5.57. The highest BCUT2D eigenvalue weighted by Gasteiger charge is 2.49. The van der Waals surface area contributed by atoms with Gasteiger partial charge in [-0.05, 0) is 45.3 Å². The molecule has 3 amide bonds. The fraction of sp³-hybridized carbons (Fsp3) is 0.500. The van der Waals surface area contributed by atoms with Gasteiger partial charge in [0.05, 0.1) is 23.1 Å². The quantitative estimate of drug-likeness (QED) is 0.754. The molecule has 5 heteroatoms. The van der Waals surface area contributed by atoms with Crippen LogP contribution in [-0.4, -0.2) is 34.7 Å². The van der Waals surface area contributed by atoms with Crippen LogP contribution in [0.3, 0.4) is 0 Å². The predicted octanol–water partition coefficient (Wildman–Crippen LogP) is 3.39. The van der Waals surface area contributed by atoms with Crippen molar-refractivity contribution in [2.24, 2.45) is 11.8 Å². The minimum atomic E-state index is -0.520. The molecular weight excluding hydrogens is 340 g/mol. The average molecular weight is 366 g/mol. The summed E-state index contributed by atoms with van der Waals surface area (Å²) >= 11 is 0. The molecule has 2 unspecified atom stereocenters. The number of imide groups is 1. The van der Waals surface area contributed by atoms with Crippen LogP contribution < -0.4 is 4.90 Å². The van der Waals surface area contributed by atoms with Crippen LogP contribution in [0.25, 0.3) is 5.57 Å². The van der Waals surface area contributed by atoms with E-state index in [0.717, 1.165) is 42.5 Å². The first-order valence-electron chi connectivity index (χ1n) is 9.78. The molecule has 2 fully saturated rings. The molecule has 0 aromatic heterocycles. The van der Waals surface area contributed by atoms with E-state index < -0.39 is 5.54 Å². The SMILES string of the molecule is CC1=CC(C)(C)N(C(=O)CN2C(=O)C3CCCCC3C2=O)c2ccccc21. The molecule has 4 rings (SSSR count). The molecule has 2 heterocycles. The third kappa shape index (κ3) is 2.80. The molecule has 1 saturated carbocycles. The van der Waals surface area contributed by atoms with Crippen molar-refractivity contribution in [3.05, 3.63) is 35.9 Å². The van der Waals surface area contributed by atoms with E-state index in [9.17, 15) is 14.4 Å². The molecule has 2 atom stereocenters. The first-order chi connectivity index (χ1) is 12.8. The largest absolute Gasteiger partial charge is 0.301 e. The highest BCUT2D eigenvalue weighted by Crippen LogP contribution is 2.40. The van der Waals surface area contributed by atoms with Gasteiger partial charge in [-0.3, -0.25) is 19.3 Å². The zero-order chi connectivity index (χ0) is 19.3. The Labute approximate surface area is 160 Å².